The Balaban J connectivity index is 0.00000243. The number of likely N-dealkylation sites (tertiary alicyclic amines) is 1. The first-order valence-electron chi connectivity index (χ1n) is 8.21. The van der Waals surface area contributed by atoms with Crippen LogP contribution in [-0.4, -0.2) is 36.5 Å². The lowest BCUT2D eigenvalue weighted by atomic mass is 9.90. The number of para-hydroxylation sites is 1. The van der Waals surface area contributed by atoms with Gasteiger partial charge >= 0.3 is 6.03 Å². The van der Waals surface area contributed by atoms with Crippen LogP contribution < -0.4 is 16.4 Å². The highest BCUT2D eigenvalue weighted by molar-refractivity contribution is 7.18. The van der Waals surface area contributed by atoms with Gasteiger partial charge in [-0.05, 0) is 42.6 Å². The normalized spacial score (nSPS) is 18.9. The molecule has 1 fully saturated rings. The van der Waals surface area contributed by atoms with Crippen molar-refractivity contribution in [2.75, 3.05) is 30.3 Å². The zero-order chi connectivity index (χ0) is 17.9. The first kappa shape index (κ1) is 20.2. The molecule has 3 rings (SSSR count). The third-order valence-corrected chi connectivity index (χ3v) is 5.41. The summed E-state index contributed by atoms with van der Waals surface area (Å²) in [5, 5.41) is 6.15. The minimum atomic E-state index is -0.330. The summed E-state index contributed by atoms with van der Waals surface area (Å²) in [6.07, 6.45) is 0.922. The van der Waals surface area contributed by atoms with Crippen LogP contribution in [0.1, 0.15) is 23.0 Å². The van der Waals surface area contributed by atoms with Crippen molar-refractivity contribution in [3.63, 3.8) is 0 Å². The lowest BCUT2D eigenvalue weighted by Crippen LogP contribution is -2.34. The van der Waals surface area contributed by atoms with Crippen LogP contribution in [0.15, 0.2) is 42.5 Å². The molecule has 8 heteroatoms. The van der Waals surface area contributed by atoms with Gasteiger partial charge in [0.2, 0.25) is 0 Å². The fourth-order valence-electron chi connectivity index (χ4n) is 2.84. The molecule has 2 aromatic rings. The van der Waals surface area contributed by atoms with Gasteiger partial charge in [0, 0.05) is 18.8 Å². The van der Waals surface area contributed by atoms with Crippen molar-refractivity contribution in [2.45, 2.75) is 13.3 Å². The molecule has 4 N–H and O–H groups in total. The molecule has 1 aliphatic rings. The van der Waals surface area contributed by atoms with Crippen LogP contribution in [0.3, 0.4) is 0 Å². The molecule has 1 aliphatic heterocycles. The number of nitrogens with zero attached hydrogens (tertiary/aromatic N) is 1. The van der Waals surface area contributed by atoms with Gasteiger partial charge in [-0.3, -0.25) is 10.1 Å². The van der Waals surface area contributed by atoms with Crippen molar-refractivity contribution in [3.05, 3.63) is 47.3 Å². The fourth-order valence-corrected chi connectivity index (χ4v) is 3.70. The number of anilines is 2. The van der Waals surface area contributed by atoms with Crippen molar-refractivity contribution in [1.29, 1.82) is 0 Å². The van der Waals surface area contributed by atoms with Crippen LogP contribution in [0.5, 0.6) is 0 Å². The Morgan fingerprint density at radius 1 is 1.19 bits per heavy atom. The fraction of sp³-hybridized carbons (Fsp3) is 0.333. The first-order chi connectivity index (χ1) is 12.0. The Bertz CT molecular complexity index is 768. The largest absolute Gasteiger partial charge is 0.337 e. The van der Waals surface area contributed by atoms with Crippen LogP contribution in [0, 0.1) is 5.41 Å². The van der Waals surface area contributed by atoms with E-state index < -0.39 is 0 Å². The molecule has 26 heavy (non-hydrogen) atoms. The van der Waals surface area contributed by atoms with Crippen molar-refractivity contribution in [3.8, 4) is 0 Å². The second kappa shape index (κ2) is 8.53. The summed E-state index contributed by atoms with van der Waals surface area (Å²) in [4.78, 5) is 27.1. The van der Waals surface area contributed by atoms with E-state index >= 15 is 0 Å². The molecule has 1 saturated heterocycles. The summed E-state index contributed by atoms with van der Waals surface area (Å²) in [7, 11) is 0. The quantitative estimate of drug-likeness (QED) is 0.739. The molecule has 1 atom stereocenters. The monoisotopic (exact) mass is 394 g/mol. The van der Waals surface area contributed by atoms with Gasteiger partial charge in [0.25, 0.3) is 5.91 Å². The predicted octanol–water partition coefficient (Wildman–Crippen LogP) is 3.62. The van der Waals surface area contributed by atoms with Gasteiger partial charge in [-0.2, -0.15) is 0 Å². The average molecular weight is 395 g/mol. The Morgan fingerprint density at radius 2 is 1.92 bits per heavy atom. The maximum atomic E-state index is 12.6. The van der Waals surface area contributed by atoms with Gasteiger partial charge in [-0.25, -0.2) is 4.79 Å². The van der Waals surface area contributed by atoms with E-state index in [2.05, 4.69) is 17.6 Å². The number of benzene rings is 1. The number of nitrogens with two attached hydrogens (primary N) is 1. The standard InChI is InChI=1S/C18H22N4O2S.ClH/c1-18(11-19)9-10-22(12-18)16(23)14-7-8-15(25-14)21-17(24)20-13-5-3-2-4-6-13;/h2-8H,9-12,19H2,1H3,(H2,20,21,24);1H. The zero-order valence-corrected chi connectivity index (χ0v) is 16.2. The number of hydrogen-bond donors (Lipinski definition) is 3. The molecule has 1 aromatic carbocycles. The second-order valence-electron chi connectivity index (χ2n) is 6.60. The van der Waals surface area contributed by atoms with Crippen molar-refractivity contribution in [1.82, 2.24) is 4.90 Å². The molecule has 2 heterocycles. The SMILES string of the molecule is CC1(CN)CCN(C(=O)c2ccc(NC(=O)Nc3ccccc3)s2)C1.Cl. The summed E-state index contributed by atoms with van der Waals surface area (Å²) in [5.41, 5.74) is 6.52. The number of nitrogens with one attached hydrogen (secondary N) is 2. The van der Waals surface area contributed by atoms with Crippen LogP contribution in [-0.2, 0) is 0 Å². The molecule has 6 nitrogen and oxygen atoms in total. The van der Waals surface area contributed by atoms with Crippen LogP contribution in [0.4, 0.5) is 15.5 Å². The molecule has 140 valence electrons. The number of hydrogen-bond acceptors (Lipinski definition) is 4. The lowest BCUT2D eigenvalue weighted by molar-refractivity contribution is 0.0781. The van der Waals surface area contributed by atoms with Gasteiger partial charge in [0.15, 0.2) is 0 Å². The molecule has 0 spiro atoms. The van der Waals surface area contributed by atoms with E-state index in [1.165, 1.54) is 11.3 Å². The van der Waals surface area contributed by atoms with Gasteiger partial charge < -0.3 is 16.0 Å². The summed E-state index contributed by atoms with van der Waals surface area (Å²) >= 11 is 1.28. The van der Waals surface area contributed by atoms with Gasteiger partial charge in [0.05, 0.1) is 9.88 Å². The molecule has 0 aliphatic carbocycles. The number of halogens is 1. The molecule has 1 unspecified atom stereocenters. The van der Waals surface area contributed by atoms with E-state index in [1.807, 2.05) is 35.2 Å². The Labute approximate surface area is 163 Å². The minimum Gasteiger partial charge on any atom is -0.337 e. The van der Waals surface area contributed by atoms with Crippen molar-refractivity contribution < 1.29 is 9.59 Å². The number of carbonyl (C=O) groups excluding carboxylic acids is 2. The molecule has 0 radical (unpaired) electrons. The summed E-state index contributed by atoms with van der Waals surface area (Å²) in [5.74, 6) is -0.00121. The Kier molecular flexibility index (Phi) is 6.63. The number of urea groups is 1. The first-order valence-corrected chi connectivity index (χ1v) is 9.03. The molecular formula is C18H23ClN4O2S. The van der Waals surface area contributed by atoms with Gasteiger partial charge in [-0.1, -0.05) is 25.1 Å². The molecule has 3 amide bonds. The zero-order valence-electron chi connectivity index (χ0n) is 14.5. The highest BCUT2D eigenvalue weighted by atomic mass is 35.5. The lowest BCUT2D eigenvalue weighted by Gasteiger charge is -2.22. The van der Waals surface area contributed by atoms with Crippen LogP contribution >= 0.6 is 23.7 Å². The third-order valence-electron chi connectivity index (χ3n) is 4.42. The summed E-state index contributed by atoms with van der Waals surface area (Å²) in [6.45, 7) is 4.09. The van der Waals surface area contributed by atoms with Gasteiger partial charge in [0.1, 0.15) is 0 Å². The van der Waals surface area contributed by atoms with Crippen molar-refractivity contribution in [2.24, 2.45) is 11.1 Å². The highest BCUT2D eigenvalue weighted by Gasteiger charge is 2.35. The van der Waals surface area contributed by atoms with Crippen molar-refractivity contribution >= 4 is 46.4 Å². The maximum absolute atomic E-state index is 12.6. The van der Waals surface area contributed by atoms with E-state index in [9.17, 15) is 9.59 Å². The third kappa shape index (κ3) is 4.75. The second-order valence-corrected chi connectivity index (χ2v) is 7.68. The number of carbonyl (C=O) groups is 2. The molecule has 0 saturated carbocycles. The van der Waals surface area contributed by atoms with Gasteiger partial charge in [-0.15, -0.1) is 23.7 Å². The van der Waals surface area contributed by atoms with Crippen LogP contribution in [0.25, 0.3) is 0 Å². The maximum Gasteiger partial charge on any atom is 0.324 e. The van der Waals surface area contributed by atoms with E-state index in [4.69, 9.17) is 5.73 Å². The average Bonchev–Trinajstić information content (AvgIpc) is 3.23. The van der Waals surface area contributed by atoms with E-state index in [0.717, 1.165) is 13.0 Å². The summed E-state index contributed by atoms with van der Waals surface area (Å²) in [6, 6.07) is 12.4. The molecule has 0 bridgehead atoms. The number of amides is 3. The van der Waals surface area contributed by atoms with E-state index in [-0.39, 0.29) is 29.8 Å². The van der Waals surface area contributed by atoms with E-state index in [0.29, 0.717) is 28.7 Å². The number of rotatable bonds is 4. The minimum absolute atomic E-state index is 0. The molecule has 1 aromatic heterocycles. The molecular weight excluding hydrogens is 372 g/mol. The topological polar surface area (TPSA) is 87.5 Å². The Morgan fingerprint density at radius 3 is 2.58 bits per heavy atom. The summed E-state index contributed by atoms with van der Waals surface area (Å²) < 4.78 is 0. The van der Waals surface area contributed by atoms with E-state index in [1.54, 1.807) is 12.1 Å². The Hall–Kier alpha value is -2.09. The predicted molar refractivity (Wildman–Crippen MR) is 108 cm³/mol. The number of thiophene rings is 1. The highest BCUT2D eigenvalue weighted by Crippen LogP contribution is 2.31. The van der Waals surface area contributed by atoms with Crippen LogP contribution in [0.2, 0.25) is 0 Å². The smallest absolute Gasteiger partial charge is 0.324 e.